The van der Waals surface area contributed by atoms with Crippen LogP contribution in [-0.4, -0.2) is 31.4 Å². The first-order chi connectivity index (χ1) is 12.2. The minimum absolute atomic E-state index is 0.0233. The standard InChI is InChI=1S/C18H20N2O5S/c1-3-12(2)20-26(24,25)14-10-8-13(9-11-14)19-17(21)15-6-4-5-7-16(15)18(22)23/h4-12,20H,3H2,1-2H3,(H,19,21)(H,22,23). The second-order valence-corrected chi connectivity index (χ2v) is 7.47. The summed E-state index contributed by atoms with van der Waals surface area (Å²) in [6.45, 7) is 3.65. The number of carboxylic acid groups (broad SMARTS) is 1. The van der Waals surface area contributed by atoms with Crippen molar-refractivity contribution < 1.29 is 23.1 Å². The smallest absolute Gasteiger partial charge is 0.336 e. The first-order valence-corrected chi connectivity index (χ1v) is 9.49. The van der Waals surface area contributed by atoms with Gasteiger partial charge in [-0.1, -0.05) is 19.1 Å². The number of amides is 1. The Bertz CT molecular complexity index is 907. The van der Waals surface area contributed by atoms with Crippen LogP contribution in [0.3, 0.4) is 0 Å². The van der Waals surface area contributed by atoms with Gasteiger partial charge in [-0.3, -0.25) is 4.79 Å². The summed E-state index contributed by atoms with van der Waals surface area (Å²) in [7, 11) is -3.63. The number of benzene rings is 2. The molecule has 0 spiro atoms. The van der Waals surface area contributed by atoms with E-state index in [2.05, 4.69) is 10.0 Å². The lowest BCUT2D eigenvalue weighted by Crippen LogP contribution is -2.31. The quantitative estimate of drug-likeness (QED) is 0.688. The summed E-state index contributed by atoms with van der Waals surface area (Å²) in [6.07, 6.45) is 0.663. The summed E-state index contributed by atoms with van der Waals surface area (Å²) >= 11 is 0. The fraction of sp³-hybridized carbons (Fsp3) is 0.222. The van der Waals surface area contributed by atoms with Crippen molar-refractivity contribution in [3.8, 4) is 0 Å². The van der Waals surface area contributed by atoms with Crippen LogP contribution in [0.15, 0.2) is 53.4 Å². The van der Waals surface area contributed by atoms with Gasteiger partial charge < -0.3 is 10.4 Å². The molecule has 0 heterocycles. The van der Waals surface area contributed by atoms with Gasteiger partial charge in [-0.05, 0) is 49.7 Å². The van der Waals surface area contributed by atoms with Gasteiger partial charge in [0.25, 0.3) is 5.91 Å². The van der Waals surface area contributed by atoms with Crippen molar-refractivity contribution in [2.75, 3.05) is 5.32 Å². The average molecular weight is 376 g/mol. The van der Waals surface area contributed by atoms with E-state index in [1.807, 2.05) is 6.92 Å². The lowest BCUT2D eigenvalue weighted by Gasteiger charge is -2.13. The molecule has 1 unspecified atom stereocenters. The highest BCUT2D eigenvalue weighted by Gasteiger charge is 2.18. The fourth-order valence-corrected chi connectivity index (χ4v) is 3.53. The van der Waals surface area contributed by atoms with E-state index in [0.717, 1.165) is 0 Å². The maximum atomic E-state index is 12.3. The Labute approximate surface area is 152 Å². The van der Waals surface area contributed by atoms with Crippen molar-refractivity contribution in [3.05, 3.63) is 59.7 Å². The van der Waals surface area contributed by atoms with Crippen molar-refractivity contribution in [2.24, 2.45) is 0 Å². The minimum Gasteiger partial charge on any atom is -0.478 e. The van der Waals surface area contributed by atoms with E-state index in [1.54, 1.807) is 13.0 Å². The van der Waals surface area contributed by atoms with Crippen LogP contribution in [0.25, 0.3) is 0 Å². The molecule has 0 aliphatic heterocycles. The fourth-order valence-electron chi connectivity index (χ4n) is 2.20. The Kier molecular flexibility index (Phi) is 6.12. The Morgan fingerprint density at radius 1 is 1.04 bits per heavy atom. The normalized spacial score (nSPS) is 12.4. The van der Waals surface area contributed by atoms with E-state index < -0.39 is 21.9 Å². The van der Waals surface area contributed by atoms with Gasteiger partial charge in [0.2, 0.25) is 10.0 Å². The van der Waals surface area contributed by atoms with Crippen molar-refractivity contribution in [2.45, 2.75) is 31.2 Å². The number of rotatable bonds is 7. The van der Waals surface area contributed by atoms with Crippen LogP contribution in [0.5, 0.6) is 0 Å². The molecule has 0 fully saturated rings. The summed E-state index contributed by atoms with van der Waals surface area (Å²) in [6, 6.07) is 11.3. The van der Waals surface area contributed by atoms with Crippen LogP contribution < -0.4 is 10.0 Å². The zero-order valence-corrected chi connectivity index (χ0v) is 15.2. The number of carbonyl (C=O) groups excluding carboxylic acids is 1. The topological polar surface area (TPSA) is 113 Å². The van der Waals surface area contributed by atoms with Gasteiger partial charge in [0.05, 0.1) is 16.0 Å². The van der Waals surface area contributed by atoms with Crippen LogP contribution >= 0.6 is 0 Å². The molecule has 0 bridgehead atoms. The number of aromatic carboxylic acids is 1. The molecule has 0 aromatic heterocycles. The van der Waals surface area contributed by atoms with Gasteiger partial charge in [-0.15, -0.1) is 0 Å². The molecule has 1 atom stereocenters. The number of carbonyl (C=O) groups is 2. The van der Waals surface area contributed by atoms with Gasteiger partial charge in [0.15, 0.2) is 0 Å². The highest BCUT2D eigenvalue weighted by molar-refractivity contribution is 7.89. The van der Waals surface area contributed by atoms with E-state index in [-0.39, 0.29) is 22.1 Å². The van der Waals surface area contributed by atoms with E-state index in [0.29, 0.717) is 12.1 Å². The average Bonchev–Trinajstić information content (AvgIpc) is 2.61. The molecule has 0 aliphatic rings. The van der Waals surface area contributed by atoms with Crippen molar-refractivity contribution in [1.82, 2.24) is 4.72 Å². The van der Waals surface area contributed by atoms with Crippen LogP contribution in [0.2, 0.25) is 0 Å². The van der Waals surface area contributed by atoms with E-state index in [4.69, 9.17) is 5.11 Å². The van der Waals surface area contributed by atoms with Crippen molar-refractivity contribution >= 4 is 27.6 Å². The number of nitrogens with one attached hydrogen (secondary N) is 2. The molecular weight excluding hydrogens is 356 g/mol. The Morgan fingerprint density at radius 3 is 2.15 bits per heavy atom. The molecule has 0 saturated heterocycles. The molecule has 0 aliphatic carbocycles. The predicted molar refractivity (Wildman–Crippen MR) is 97.9 cm³/mol. The molecule has 1 amide bonds. The number of carboxylic acids is 1. The molecule has 2 aromatic carbocycles. The molecule has 3 N–H and O–H groups in total. The maximum Gasteiger partial charge on any atom is 0.336 e. The van der Waals surface area contributed by atoms with Gasteiger partial charge >= 0.3 is 5.97 Å². The minimum atomic E-state index is -3.63. The molecule has 0 radical (unpaired) electrons. The number of hydrogen-bond acceptors (Lipinski definition) is 4. The Balaban J connectivity index is 2.17. The van der Waals surface area contributed by atoms with Crippen molar-refractivity contribution in [1.29, 1.82) is 0 Å². The highest BCUT2D eigenvalue weighted by Crippen LogP contribution is 2.17. The zero-order valence-electron chi connectivity index (χ0n) is 14.4. The Hall–Kier alpha value is -2.71. The summed E-state index contributed by atoms with van der Waals surface area (Å²) in [4.78, 5) is 23.6. The van der Waals surface area contributed by atoms with Gasteiger partial charge in [0.1, 0.15) is 0 Å². The number of sulfonamides is 1. The van der Waals surface area contributed by atoms with Gasteiger partial charge in [-0.2, -0.15) is 0 Å². The third kappa shape index (κ3) is 4.68. The SMILES string of the molecule is CCC(C)NS(=O)(=O)c1ccc(NC(=O)c2ccccc2C(=O)O)cc1. The van der Waals surface area contributed by atoms with Crippen molar-refractivity contribution in [3.63, 3.8) is 0 Å². The van der Waals surface area contributed by atoms with E-state index in [1.165, 1.54) is 42.5 Å². The van der Waals surface area contributed by atoms with E-state index >= 15 is 0 Å². The molecule has 26 heavy (non-hydrogen) atoms. The summed E-state index contributed by atoms with van der Waals surface area (Å²) in [5.74, 6) is -1.79. The lowest BCUT2D eigenvalue weighted by atomic mass is 10.1. The molecule has 2 aromatic rings. The monoisotopic (exact) mass is 376 g/mol. The molecular formula is C18H20N2O5S. The third-order valence-corrected chi connectivity index (χ3v) is 5.40. The molecule has 0 saturated carbocycles. The molecule has 8 heteroatoms. The summed E-state index contributed by atoms with van der Waals surface area (Å²) in [5, 5.41) is 11.7. The molecule has 7 nitrogen and oxygen atoms in total. The highest BCUT2D eigenvalue weighted by atomic mass is 32.2. The zero-order chi connectivity index (χ0) is 19.3. The molecule has 138 valence electrons. The van der Waals surface area contributed by atoms with Crippen LogP contribution in [-0.2, 0) is 10.0 Å². The molecule has 2 rings (SSSR count). The summed E-state index contributed by atoms with van der Waals surface area (Å²) < 4.78 is 27.0. The van der Waals surface area contributed by atoms with Crippen LogP contribution in [0, 0.1) is 0 Å². The Morgan fingerprint density at radius 2 is 1.62 bits per heavy atom. The van der Waals surface area contributed by atoms with Gasteiger partial charge in [-0.25, -0.2) is 17.9 Å². The summed E-state index contributed by atoms with van der Waals surface area (Å²) in [5.41, 5.74) is 0.273. The second kappa shape index (κ2) is 8.11. The number of anilines is 1. The van der Waals surface area contributed by atoms with Crippen LogP contribution in [0.4, 0.5) is 5.69 Å². The van der Waals surface area contributed by atoms with Crippen LogP contribution in [0.1, 0.15) is 41.0 Å². The lowest BCUT2D eigenvalue weighted by molar-refractivity contribution is 0.0692. The predicted octanol–water partition coefficient (Wildman–Crippen LogP) is 2.71. The first-order valence-electron chi connectivity index (χ1n) is 8.00. The first kappa shape index (κ1) is 19.6. The maximum absolute atomic E-state index is 12.3. The largest absolute Gasteiger partial charge is 0.478 e. The van der Waals surface area contributed by atoms with Gasteiger partial charge in [0, 0.05) is 11.7 Å². The number of hydrogen-bond donors (Lipinski definition) is 3. The van der Waals surface area contributed by atoms with E-state index in [9.17, 15) is 18.0 Å². The second-order valence-electron chi connectivity index (χ2n) is 5.76. The third-order valence-electron chi connectivity index (χ3n) is 3.79.